The molecule has 7 heteroatoms. The van der Waals surface area contributed by atoms with Crippen molar-refractivity contribution >= 4 is 29.1 Å². The number of ether oxygens (including phenoxy) is 2. The van der Waals surface area contributed by atoms with E-state index in [-0.39, 0.29) is 33.3 Å². The first-order valence-electron chi connectivity index (χ1n) is 12.9. The molecule has 1 N–H and O–H groups in total. The third kappa shape index (κ3) is 3.19. The van der Waals surface area contributed by atoms with E-state index in [1.165, 1.54) is 0 Å². The monoisotopic (exact) mass is 523 g/mol. The van der Waals surface area contributed by atoms with Crippen molar-refractivity contribution in [2.45, 2.75) is 66.7 Å². The van der Waals surface area contributed by atoms with Crippen LogP contribution in [0.5, 0.6) is 0 Å². The van der Waals surface area contributed by atoms with Crippen LogP contribution in [-0.2, 0) is 9.47 Å². The molecule has 0 radical (unpaired) electrons. The van der Waals surface area contributed by atoms with Crippen molar-refractivity contribution in [3.63, 3.8) is 0 Å². The number of benzene rings is 2. The predicted molar refractivity (Wildman–Crippen MR) is 146 cm³/mol. The molecule has 2 aliphatic heterocycles. The Morgan fingerprint density at radius 1 is 0.750 bits per heavy atom. The number of carbonyl (C=O) groups excluding carboxylic acids is 2. The molecule has 10 unspecified atom stereocenters. The normalized spacial score (nSPS) is 42.4. The van der Waals surface area contributed by atoms with Crippen molar-refractivity contribution in [2.75, 3.05) is 13.3 Å². The molecule has 2 aromatic rings. The lowest BCUT2D eigenvalue weighted by atomic mass is 9.60. The van der Waals surface area contributed by atoms with E-state index in [4.69, 9.17) is 9.47 Å². The number of fused-ring (bicyclic) bond motifs is 9. The van der Waals surface area contributed by atoms with Gasteiger partial charge in [0.1, 0.15) is 12.2 Å². The molecule has 190 valence electrons. The average Bonchev–Trinajstić information content (AvgIpc) is 3.56. The number of nitrogens with one attached hydrogen (secondary N) is 1. The smallest absolute Gasteiger partial charge is 0.338 e. The van der Waals surface area contributed by atoms with Crippen LogP contribution < -0.4 is 5.32 Å². The molecule has 10 atom stereocenters. The van der Waals surface area contributed by atoms with Crippen LogP contribution in [0.4, 0.5) is 0 Å². The zero-order valence-corrected chi connectivity index (χ0v) is 23.3. The molecule has 4 fully saturated rings. The van der Waals surface area contributed by atoms with Crippen LogP contribution in [0.25, 0.3) is 0 Å². The molecular formula is C29H35NO4P2. The summed E-state index contributed by atoms with van der Waals surface area (Å²) in [4.78, 5) is 26.9. The largest absolute Gasteiger partial charge is 0.454 e. The van der Waals surface area contributed by atoms with E-state index >= 15 is 0 Å². The summed E-state index contributed by atoms with van der Waals surface area (Å²) in [6.45, 7) is 9.26. The van der Waals surface area contributed by atoms with Gasteiger partial charge in [0.2, 0.25) is 0 Å². The van der Waals surface area contributed by atoms with Gasteiger partial charge in [-0.25, -0.2) is 9.59 Å². The molecule has 2 heterocycles. The lowest BCUT2D eigenvalue weighted by Crippen LogP contribution is -2.63. The molecule has 2 saturated carbocycles. The van der Waals surface area contributed by atoms with E-state index in [0.29, 0.717) is 40.1 Å². The molecule has 0 amide bonds. The summed E-state index contributed by atoms with van der Waals surface area (Å²) in [5.41, 5.74) is 1.10. The van der Waals surface area contributed by atoms with Crippen LogP contribution in [0, 0.1) is 11.8 Å². The van der Waals surface area contributed by atoms with E-state index in [9.17, 15) is 9.59 Å². The van der Waals surface area contributed by atoms with Crippen LogP contribution in [0.15, 0.2) is 60.7 Å². The van der Waals surface area contributed by atoms with Gasteiger partial charge in [0, 0.05) is 21.4 Å². The lowest BCUT2D eigenvalue weighted by Gasteiger charge is -2.54. The first-order valence-corrected chi connectivity index (χ1v) is 15.9. The zero-order valence-electron chi connectivity index (χ0n) is 21.3. The first-order chi connectivity index (χ1) is 17.2. The predicted octanol–water partition coefficient (Wildman–Crippen LogP) is 5.10. The molecule has 0 aromatic heterocycles. The summed E-state index contributed by atoms with van der Waals surface area (Å²) in [5.74, 6) is 0.120. The molecule has 2 saturated heterocycles. The van der Waals surface area contributed by atoms with E-state index in [1.807, 2.05) is 36.4 Å². The van der Waals surface area contributed by atoms with Crippen LogP contribution in [-0.4, -0.2) is 58.9 Å². The van der Waals surface area contributed by atoms with E-state index in [0.717, 1.165) is 19.3 Å². The molecule has 36 heavy (non-hydrogen) atoms. The third-order valence-electron chi connectivity index (χ3n) is 9.84. The van der Waals surface area contributed by atoms with Crippen LogP contribution in [0.1, 0.15) is 53.8 Å². The highest BCUT2D eigenvalue weighted by molar-refractivity contribution is 7.41. The second-order valence-corrected chi connectivity index (χ2v) is 14.4. The minimum atomic E-state index is -0.462. The van der Waals surface area contributed by atoms with Gasteiger partial charge in [-0.3, -0.25) is 0 Å². The fourth-order valence-electron chi connectivity index (χ4n) is 8.65. The summed E-state index contributed by atoms with van der Waals surface area (Å²) in [6.07, 6.45) is 2.29. The van der Waals surface area contributed by atoms with Crippen LogP contribution >= 0.6 is 17.2 Å². The van der Waals surface area contributed by atoms with Gasteiger partial charge >= 0.3 is 11.9 Å². The summed E-state index contributed by atoms with van der Waals surface area (Å²) in [6, 6.07) is 18.4. The fourth-order valence-corrected chi connectivity index (χ4v) is 12.3. The van der Waals surface area contributed by atoms with E-state index in [1.54, 1.807) is 24.3 Å². The highest BCUT2D eigenvalue weighted by atomic mass is 31.1. The number of esters is 2. The number of hydrogen-bond donors (Lipinski definition) is 1. The standard InChI is InChI=1S/C29H35NO4P2/c1-26-15-16-27(2,30-26)21-20(26)28(35-3)17-29(21,36-4)23(34-25(32)19-13-9-6-10-14-19)22(28)33-24(31)18-11-7-5-8-12-18/h5-14,20-23,30,35-36H,15-17H2,1-4H3. The van der Waals surface area contributed by atoms with Crippen molar-refractivity contribution in [1.82, 2.24) is 5.32 Å². The molecule has 5 nitrogen and oxygen atoms in total. The Hall–Kier alpha value is -1.80. The van der Waals surface area contributed by atoms with Crippen LogP contribution in [0.2, 0.25) is 0 Å². The Balaban J connectivity index is 1.46. The molecule has 4 bridgehead atoms. The number of rotatable bonds is 6. The maximum Gasteiger partial charge on any atom is 0.338 e. The summed E-state index contributed by atoms with van der Waals surface area (Å²) in [5, 5.41) is 3.62. The van der Waals surface area contributed by atoms with Crippen LogP contribution in [0.3, 0.4) is 0 Å². The lowest BCUT2D eigenvalue weighted by molar-refractivity contribution is -0.0777. The second-order valence-electron chi connectivity index (χ2n) is 11.6. The minimum Gasteiger partial charge on any atom is -0.454 e. The average molecular weight is 524 g/mol. The van der Waals surface area contributed by atoms with Crippen molar-refractivity contribution in [1.29, 1.82) is 0 Å². The maximum absolute atomic E-state index is 13.5. The maximum atomic E-state index is 13.5. The molecular weight excluding hydrogens is 488 g/mol. The van der Waals surface area contributed by atoms with Gasteiger partial charge < -0.3 is 14.8 Å². The van der Waals surface area contributed by atoms with Gasteiger partial charge in [-0.2, -0.15) is 0 Å². The Morgan fingerprint density at radius 2 is 1.14 bits per heavy atom. The Kier molecular flexibility index (Phi) is 5.69. The van der Waals surface area contributed by atoms with Crippen molar-refractivity contribution in [3.8, 4) is 0 Å². The zero-order chi connectivity index (χ0) is 25.3. The van der Waals surface area contributed by atoms with E-state index < -0.39 is 12.2 Å². The SMILES string of the molecule is CPC12CC(PC)(C(OC(=O)c3ccccc3)C1OC(=O)c1ccccc1)C1C2C2(C)CCC1(C)N2. The Bertz CT molecular complexity index is 1100. The topological polar surface area (TPSA) is 64.6 Å². The number of hydrogen-bond acceptors (Lipinski definition) is 5. The van der Waals surface area contributed by atoms with Crippen molar-refractivity contribution < 1.29 is 19.1 Å². The summed E-state index contributed by atoms with van der Waals surface area (Å²) in [7, 11) is 1.16. The second kappa shape index (κ2) is 8.35. The fraction of sp³-hybridized carbons (Fsp3) is 0.517. The highest BCUT2D eigenvalue weighted by Gasteiger charge is 2.84. The molecule has 2 aliphatic carbocycles. The Morgan fingerprint density at radius 3 is 1.50 bits per heavy atom. The highest BCUT2D eigenvalue weighted by Crippen LogP contribution is 2.79. The van der Waals surface area contributed by atoms with Crippen molar-refractivity contribution in [3.05, 3.63) is 71.8 Å². The third-order valence-corrected chi connectivity index (χ3v) is 13.3. The summed E-state index contributed by atoms with van der Waals surface area (Å²) < 4.78 is 12.9. The van der Waals surface area contributed by atoms with Gasteiger partial charge in [-0.1, -0.05) is 36.4 Å². The minimum absolute atomic E-state index is 0.00956. The quantitative estimate of drug-likeness (QED) is 0.422. The van der Waals surface area contributed by atoms with Gasteiger partial charge in [0.05, 0.1) is 11.1 Å². The van der Waals surface area contributed by atoms with Gasteiger partial charge in [-0.15, -0.1) is 17.2 Å². The van der Waals surface area contributed by atoms with E-state index in [2.05, 4.69) is 32.5 Å². The molecule has 6 rings (SSSR count). The Labute approximate surface area is 217 Å². The van der Waals surface area contributed by atoms with Gasteiger partial charge in [-0.05, 0) is 82.5 Å². The van der Waals surface area contributed by atoms with Crippen molar-refractivity contribution in [2.24, 2.45) is 11.8 Å². The summed E-state index contributed by atoms with van der Waals surface area (Å²) >= 11 is 0. The molecule has 0 spiro atoms. The molecule has 4 aliphatic rings. The number of carbonyl (C=O) groups is 2. The molecule has 2 aromatic carbocycles. The van der Waals surface area contributed by atoms with Gasteiger partial charge in [0.15, 0.2) is 0 Å². The van der Waals surface area contributed by atoms with Gasteiger partial charge in [0.25, 0.3) is 0 Å². The first kappa shape index (κ1) is 24.5.